The van der Waals surface area contributed by atoms with Crippen LogP contribution in [0.1, 0.15) is 44.9 Å². The first-order chi connectivity index (χ1) is 8.25. The van der Waals surface area contributed by atoms with E-state index in [1.165, 1.54) is 32.1 Å². The minimum absolute atomic E-state index is 0.00710. The third-order valence-electron chi connectivity index (χ3n) is 3.71. The first-order valence-electron chi connectivity index (χ1n) is 6.78. The summed E-state index contributed by atoms with van der Waals surface area (Å²) in [6.45, 7) is 2.02. The zero-order chi connectivity index (χ0) is 12.1. The van der Waals surface area contributed by atoms with Crippen LogP contribution in [0, 0.1) is 0 Å². The maximum atomic E-state index is 11.4. The number of Topliss-reactive ketones (excluding diaryl/α,β-unsaturated/α-hetero) is 1. The Morgan fingerprint density at radius 1 is 1.18 bits per heavy atom. The van der Waals surface area contributed by atoms with Gasteiger partial charge in [-0.25, -0.2) is 0 Å². The number of ketones is 1. The highest BCUT2D eigenvalue weighted by Crippen LogP contribution is 2.17. The number of rotatable bonds is 5. The highest BCUT2D eigenvalue weighted by molar-refractivity contribution is 6.05. The van der Waals surface area contributed by atoms with E-state index in [4.69, 9.17) is 0 Å². The van der Waals surface area contributed by atoms with E-state index in [-0.39, 0.29) is 18.1 Å². The molecule has 96 valence electrons. The van der Waals surface area contributed by atoms with E-state index in [0.717, 1.165) is 19.5 Å². The van der Waals surface area contributed by atoms with Crippen LogP contribution in [-0.2, 0) is 9.59 Å². The number of carbonyl (C=O) groups excluding carboxylic acids is 2. The Morgan fingerprint density at radius 3 is 2.59 bits per heavy atom. The number of hydrogen-bond acceptors (Lipinski definition) is 3. The van der Waals surface area contributed by atoms with Crippen LogP contribution >= 0.6 is 0 Å². The van der Waals surface area contributed by atoms with Crippen LogP contribution in [0.3, 0.4) is 0 Å². The molecule has 1 saturated heterocycles. The zero-order valence-corrected chi connectivity index (χ0v) is 10.4. The summed E-state index contributed by atoms with van der Waals surface area (Å²) in [5.74, 6) is 0.0721. The molecule has 0 atom stereocenters. The molecule has 2 fully saturated rings. The average Bonchev–Trinajstić information content (AvgIpc) is 2.65. The van der Waals surface area contributed by atoms with Crippen molar-refractivity contribution in [3.63, 3.8) is 0 Å². The Morgan fingerprint density at radius 2 is 1.94 bits per heavy atom. The summed E-state index contributed by atoms with van der Waals surface area (Å²) in [6, 6.07) is 0.680. The van der Waals surface area contributed by atoms with Crippen LogP contribution in [0.25, 0.3) is 0 Å². The average molecular weight is 238 g/mol. The highest BCUT2D eigenvalue weighted by atomic mass is 16.2. The highest BCUT2D eigenvalue weighted by Gasteiger charge is 2.26. The fraction of sp³-hybridized carbons (Fsp3) is 0.846. The molecular weight excluding hydrogens is 216 g/mol. The summed E-state index contributed by atoms with van der Waals surface area (Å²) in [5, 5.41) is 3.55. The molecule has 0 unspecified atom stereocenters. The lowest BCUT2D eigenvalue weighted by Crippen LogP contribution is -2.34. The molecule has 0 aromatic rings. The van der Waals surface area contributed by atoms with Crippen LogP contribution in [0.4, 0.5) is 0 Å². The summed E-state index contributed by atoms with van der Waals surface area (Å²) in [6.07, 6.45) is 7.73. The van der Waals surface area contributed by atoms with Gasteiger partial charge >= 0.3 is 0 Å². The van der Waals surface area contributed by atoms with Crippen LogP contribution in [-0.4, -0.2) is 42.3 Å². The molecule has 1 aliphatic carbocycles. The van der Waals surface area contributed by atoms with Gasteiger partial charge in [0.2, 0.25) is 5.91 Å². The van der Waals surface area contributed by atoms with Crippen molar-refractivity contribution in [1.29, 1.82) is 0 Å². The van der Waals surface area contributed by atoms with Gasteiger partial charge in [-0.3, -0.25) is 9.59 Å². The molecule has 0 aromatic carbocycles. The van der Waals surface area contributed by atoms with Crippen molar-refractivity contribution in [1.82, 2.24) is 10.2 Å². The minimum atomic E-state index is 0.00710. The molecule has 0 aromatic heterocycles. The molecule has 1 aliphatic heterocycles. The molecule has 1 N–H and O–H groups in total. The lowest BCUT2D eigenvalue weighted by Gasteiger charge is -2.23. The molecule has 0 radical (unpaired) electrons. The molecule has 4 nitrogen and oxygen atoms in total. The standard InChI is InChI=1S/C13H22N2O2/c16-12-9-13(17)15(10-12)8-4-7-14-11-5-2-1-3-6-11/h11,14H,1-10H2. The normalized spacial score (nSPS) is 22.5. The van der Waals surface area contributed by atoms with Gasteiger partial charge in [-0.15, -0.1) is 0 Å². The molecule has 1 saturated carbocycles. The number of nitrogens with zero attached hydrogens (tertiary/aromatic N) is 1. The summed E-state index contributed by atoms with van der Waals surface area (Å²) < 4.78 is 0. The fourth-order valence-electron chi connectivity index (χ4n) is 2.72. The SMILES string of the molecule is O=C1CC(=O)N(CCCNC2CCCCC2)C1. The number of hydrogen-bond donors (Lipinski definition) is 1. The number of likely N-dealkylation sites (tertiary alicyclic amines) is 1. The van der Waals surface area contributed by atoms with Gasteiger partial charge in [0.25, 0.3) is 0 Å². The van der Waals surface area contributed by atoms with E-state index < -0.39 is 0 Å². The lowest BCUT2D eigenvalue weighted by molar-refractivity contribution is -0.127. The smallest absolute Gasteiger partial charge is 0.230 e. The largest absolute Gasteiger partial charge is 0.335 e. The van der Waals surface area contributed by atoms with Crippen LogP contribution in [0.15, 0.2) is 0 Å². The molecule has 4 heteroatoms. The first-order valence-corrected chi connectivity index (χ1v) is 6.78. The quantitative estimate of drug-likeness (QED) is 0.576. The topological polar surface area (TPSA) is 49.4 Å². The molecule has 1 heterocycles. The van der Waals surface area contributed by atoms with Crippen molar-refractivity contribution < 1.29 is 9.59 Å². The summed E-state index contributed by atoms with van der Waals surface area (Å²) in [4.78, 5) is 24.1. The van der Waals surface area contributed by atoms with Gasteiger partial charge in [0.1, 0.15) is 0 Å². The zero-order valence-electron chi connectivity index (χ0n) is 10.4. The Labute approximate surface area is 103 Å². The maximum Gasteiger partial charge on any atom is 0.230 e. The summed E-state index contributed by atoms with van der Waals surface area (Å²) in [5.41, 5.74) is 0. The number of amides is 1. The fourth-order valence-corrected chi connectivity index (χ4v) is 2.72. The summed E-state index contributed by atoms with van der Waals surface area (Å²) >= 11 is 0. The number of carbonyl (C=O) groups is 2. The van der Waals surface area contributed by atoms with Gasteiger partial charge in [0.05, 0.1) is 13.0 Å². The monoisotopic (exact) mass is 238 g/mol. The van der Waals surface area contributed by atoms with Gasteiger partial charge < -0.3 is 10.2 Å². The molecule has 0 bridgehead atoms. The van der Waals surface area contributed by atoms with E-state index in [1.807, 2.05) is 0 Å². The molecule has 0 spiro atoms. The van der Waals surface area contributed by atoms with E-state index >= 15 is 0 Å². The van der Waals surface area contributed by atoms with Gasteiger partial charge in [-0.2, -0.15) is 0 Å². The van der Waals surface area contributed by atoms with Crippen molar-refractivity contribution in [2.45, 2.75) is 51.0 Å². The molecule has 17 heavy (non-hydrogen) atoms. The molecule has 2 rings (SSSR count). The maximum absolute atomic E-state index is 11.4. The first kappa shape index (κ1) is 12.6. The molecule has 2 aliphatic rings. The Bertz CT molecular complexity index is 285. The number of nitrogens with one attached hydrogen (secondary N) is 1. The second kappa shape index (κ2) is 6.15. The third-order valence-corrected chi connectivity index (χ3v) is 3.71. The van der Waals surface area contributed by atoms with Crippen molar-refractivity contribution in [2.75, 3.05) is 19.6 Å². The molecule has 1 amide bonds. The molecular formula is C13H22N2O2. The van der Waals surface area contributed by atoms with E-state index in [9.17, 15) is 9.59 Å². The van der Waals surface area contributed by atoms with Crippen molar-refractivity contribution in [3.05, 3.63) is 0 Å². The van der Waals surface area contributed by atoms with Crippen LogP contribution in [0.2, 0.25) is 0 Å². The Kier molecular flexibility index (Phi) is 4.54. The van der Waals surface area contributed by atoms with Gasteiger partial charge in [-0.05, 0) is 25.8 Å². The van der Waals surface area contributed by atoms with Crippen molar-refractivity contribution in [3.8, 4) is 0 Å². The van der Waals surface area contributed by atoms with Crippen LogP contribution in [0.5, 0.6) is 0 Å². The van der Waals surface area contributed by atoms with Crippen LogP contribution < -0.4 is 5.32 Å². The van der Waals surface area contributed by atoms with E-state index in [2.05, 4.69) is 5.32 Å². The van der Waals surface area contributed by atoms with Crippen molar-refractivity contribution in [2.24, 2.45) is 0 Å². The van der Waals surface area contributed by atoms with E-state index in [0.29, 0.717) is 12.6 Å². The summed E-state index contributed by atoms with van der Waals surface area (Å²) in [7, 11) is 0. The van der Waals surface area contributed by atoms with Gasteiger partial charge in [0.15, 0.2) is 5.78 Å². The second-order valence-electron chi connectivity index (χ2n) is 5.17. The second-order valence-corrected chi connectivity index (χ2v) is 5.17. The predicted molar refractivity (Wildman–Crippen MR) is 65.7 cm³/mol. The van der Waals surface area contributed by atoms with E-state index in [1.54, 1.807) is 4.90 Å². The predicted octanol–water partition coefficient (Wildman–Crippen LogP) is 1.10. The Hall–Kier alpha value is -0.900. The van der Waals surface area contributed by atoms with Crippen molar-refractivity contribution >= 4 is 11.7 Å². The van der Waals surface area contributed by atoms with Gasteiger partial charge in [-0.1, -0.05) is 19.3 Å². The Balaban J connectivity index is 1.56. The lowest BCUT2D eigenvalue weighted by atomic mass is 9.95. The third kappa shape index (κ3) is 3.80. The van der Waals surface area contributed by atoms with Gasteiger partial charge in [0, 0.05) is 12.6 Å². The minimum Gasteiger partial charge on any atom is -0.335 e.